The number of rotatable bonds is 2. The molecule has 2 N–H and O–H groups in total. The molecule has 0 saturated carbocycles. The number of anilines is 2. The van der Waals surface area contributed by atoms with E-state index >= 15 is 0 Å². The molecule has 0 radical (unpaired) electrons. The van der Waals surface area contributed by atoms with Crippen molar-refractivity contribution in [2.45, 2.75) is 0 Å². The van der Waals surface area contributed by atoms with E-state index in [1.165, 1.54) is 30.6 Å². The summed E-state index contributed by atoms with van der Waals surface area (Å²) < 4.78 is 13.4. The number of hydrogen-bond acceptors (Lipinski definition) is 2. The fourth-order valence-corrected chi connectivity index (χ4v) is 1.54. The van der Waals surface area contributed by atoms with Gasteiger partial charge < -0.3 is 10.6 Å². The van der Waals surface area contributed by atoms with Gasteiger partial charge in [-0.05, 0) is 24.3 Å². The number of hydrogen-bond donors (Lipinski definition) is 2. The SMILES string of the molecule is O=C(Nc1ccncc1)Nc1c(F)cccc1Cl. The molecule has 1 aromatic heterocycles. The van der Waals surface area contributed by atoms with Crippen LogP contribution in [0.2, 0.25) is 5.02 Å². The molecule has 0 atom stereocenters. The van der Waals surface area contributed by atoms with Gasteiger partial charge in [0.25, 0.3) is 0 Å². The van der Waals surface area contributed by atoms with E-state index in [1.807, 2.05) is 0 Å². The highest BCUT2D eigenvalue weighted by Crippen LogP contribution is 2.24. The molecule has 0 fully saturated rings. The smallest absolute Gasteiger partial charge is 0.308 e. The number of carbonyl (C=O) groups excluding carboxylic acids is 1. The van der Waals surface area contributed by atoms with Crippen LogP contribution in [0.25, 0.3) is 0 Å². The number of aromatic nitrogens is 1. The van der Waals surface area contributed by atoms with Gasteiger partial charge in [-0.15, -0.1) is 0 Å². The van der Waals surface area contributed by atoms with Crippen molar-refractivity contribution >= 4 is 29.0 Å². The first-order valence-electron chi connectivity index (χ1n) is 5.09. The van der Waals surface area contributed by atoms with E-state index in [0.29, 0.717) is 5.69 Å². The van der Waals surface area contributed by atoms with E-state index in [9.17, 15) is 9.18 Å². The molecule has 92 valence electrons. The first-order valence-corrected chi connectivity index (χ1v) is 5.46. The molecule has 0 aliphatic heterocycles. The van der Waals surface area contributed by atoms with Gasteiger partial charge in [0.15, 0.2) is 0 Å². The van der Waals surface area contributed by atoms with Crippen LogP contribution in [-0.4, -0.2) is 11.0 Å². The van der Waals surface area contributed by atoms with Crippen molar-refractivity contribution < 1.29 is 9.18 Å². The molecule has 1 aromatic carbocycles. The number of pyridine rings is 1. The predicted octanol–water partition coefficient (Wildman–Crippen LogP) is 3.52. The van der Waals surface area contributed by atoms with Crippen LogP contribution in [0.4, 0.5) is 20.6 Å². The first kappa shape index (κ1) is 12.3. The summed E-state index contributed by atoms with van der Waals surface area (Å²) in [4.78, 5) is 15.4. The lowest BCUT2D eigenvalue weighted by molar-refractivity contribution is 0.262. The van der Waals surface area contributed by atoms with Gasteiger partial charge in [-0.3, -0.25) is 4.98 Å². The number of halogens is 2. The third kappa shape index (κ3) is 2.95. The second-order valence-corrected chi connectivity index (χ2v) is 3.82. The van der Waals surface area contributed by atoms with Crippen molar-refractivity contribution in [3.05, 3.63) is 53.6 Å². The van der Waals surface area contributed by atoms with Gasteiger partial charge in [0.1, 0.15) is 5.82 Å². The maximum absolute atomic E-state index is 13.4. The molecule has 2 aromatic rings. The summed E-state index contributed by atoms with van der Waals surface area (Å²) in [6.45, 7) is 0. The Hall–Kier alpha value is -2.14. The molecule has 0 bridgehead atoms. The summed E-state index contributed by atoms with van der Waals surface area (Å²) >= 11 is 5.78. The predicted molar refractivity (Wildman–Crippen MR) is 68.3 cm³/mol. The van der Waals surface area contributed by atoms with E-state index in [-0.39, 0.29) is 10.7 Å². The summed E-state index contributed by atoms with van der Waals surface area (Å²) in [5, 5.41) is 5.02. The second-order valence-electron chi connectivity index (χ2n) is 3.41. The molecule has 0 aliphatic rings. The molecular formula is C12H9ClFN3O. The van der Waals surface area contributed by atoms with E-state index in [0.717, 1.165) is 0 Å². The monoisotopic (exact) mass is 265 g/mol. The molecule has 18 heavy (non-hydrogen) atoms. The number of para-hydroxylation sites is 1. The van der Waals surface area contributed by atoms with Crippen LogP contribution in [0.15, 0.2) is 42.7 Å². The lowest BCUT2D eigenvalue weighted by atomic mass is 10.3. The molecule has 0 unspecified atom stereocenters. The van der Waals surface area contributed by atoms with Crippen LogP contribution in [0, 0.1) is 5.82 Å². The summed E-state index contributed by atoms with van der Waals surface area (Å²) in [5.41, 5.74) is 0.501. The van der Waals surface area contributed by atoms with Crippen LogP contribution < -0.4 is 10.6 Å². The van der Waals surface area contributed by atoms with Crippen LogP contribution in [0.1, 0.15) is 0 Å². The van der Waals surface area contributed by atoms with Gasteiger partial charge in [-0.1, -0.05) is 17.7 Å². The Bertz CT molecular complexity index is 542. The zero-order valence-corrected chi connectivity index (χ0v) is 9.91. The highest BCUT2D eigenvalue weighted by molar-refractivity contribution is 6.33. The molecule has 0 spiro atoms. The van der Waals surface area contributed by atoms with Crippen molar-refractivity contribution in [2.75, 3.05) is 10.6 Å². The van der Waals surface area contributed by atoms with Crippen molar-refractivity contribution in [3.63, 3.8) is 0 Å². The summed E-state index contributed by atoms with van der Waals surface area (Å²) in [6.07, 6.45) is 3.07. The van der Waals surface area contributed by atoms with Crippen LogP contribution in [0.3, 0.4) is 0 Å². The lowest BCUT2D eigenvalue weighted by Gasteiger charge is -2.09. The molecule has 4 nitrogen and oxygen atoms in total. The van der Waals surface area contributed by atoms with Gasteiger partial charge in [0, 0.05) is 18.1 Å². The van der Waals surface area contributed by atoms with Crippen molar-refractivity contribution in [2.24, 2.45) is 0 Å². The third-order valence-corrected chi connectivity index (χ3v) is 2.45. The molecule has 2 amide bonds. The maximum Gasteiger partial charge on any atom is 0.323 e. The average molecular weight is 266 g/mol. The Balaban J connectivity index is 2.08. The molecule has 1 heterocycles. The average Bonchev–Trinajstić information content (AvgIpc) is 2.35. The molecular weight excluding hydrogens is 257 g/mol. The third-order valence-electron chi connectivity index (χ3n) is 2.14. The van der Waals surface area contributed by atoms with E-state index < -0.39 is 11.8 Å². The quantitative estimate of drug-likeness (QED) is 0.873. The number of carbonyl (C=O) groups is 1. The Labute approximate surface area is 108 Å². The number of benzene rings is 1. The van der Waals surface area contributed by atoms with Crippen molar-refractivity contribution in [3.8, 4) is 0 Å². The zero-order valence-electron chi connectivity index (χ0n) is 9.15. The highest BCUT2D eigenvalue weighted by Gasteiger charge is 2.10. The Morgan fingerprint density at radius 2 is 1.89 bits per heavy atom. The standard InChI is InChI=1S/C12H9ClFN3O/c13-9-2-1-3-10(14)11(9)17-12(18)16-8-4-6-15-7-5-8/h1-7H,(H2,15,16,17,18). The van der Waals surface area contributed by atoms with Crippen LogP contribution >= 0.6 is 11.6 Å². The molecule has 6 heteroatoms. The Morgan fingerprint density at radius 3 is 2.56 bits per heavy atom. The Kier molecular flexibility index (Phi) is 3.74. The van der Waals surface area contributed by atoms with Crippen LogP contribution in [0.5, 0.6) is 0 Å². The lowest BCUT2D eigenvalue weighted by Crippen LogP contribution is -2.20. The number of nitrogens with zero attached hydrogens (tertiary/aromatic N) is 1. The molecule has 2 rings (SSSR count). The summed E-state index contributed by atoms with van der Waals surface area (Å²) in [6, 6.07) is 6.82. The topological polar surface area (TPSA) is 54.0 Å². The van der Waals surface area contributed by atoms with Gasteiger partial charge in [0.05, 0.1) is 10.7 Å². The maximum atomic E-state index is 13.4. The van der Waals surface area contributed by atoms with Gasteiger partial charge >= 0.3 is 6.03 Å². The van der Waals surface area contributed by atoms with Gasteiger partial charge in [-0.25, -0.2) is 9.18 Å². The number of urea groups is 1. The fourth-order valence-electron chi connectivity index (χ4n) is 1.33. The molecule has 0 saturated heterocycles. The van der Waals surface area contributed by atoms with E-state index in [1.54, 1.807) is 12.1 Å². The summed E-state index contributed by atoms with van der Waals surface area (Å²) in [5.74, 6) is -0.590. The minimum absolute atomic E-state index is 0.0503. The minimum Gasteiger partial charge on any atom is -0.308 e. The number of nitrogens with one attached hydrogen (secondary N) is 2. The van der Waals surface area contributed by atoms with Crippen LogP contribution in [-0.2, 0) is 0 Å². The molecule has 0 aliphatic carbocycles. The van der Waals surface area contributed by atoms with E-state index in [2.05, 4.69) is 15.6 Å². The highest BCUT2D eigenvalue weighted by atomic mass is 35.5. The minimum atomic E-state index is -0.590. The normalized spacial score (nSPS) is 9.89. The fraction of sp³-hybridized carbons (Fsp3) is 0. The van der Waals surface area contributed by atoms with Crippen molar-refractivity contribution in [1.29, 1.82) is 0 Å². The largest absolute Gasteiger partial charge is 0.323 e. The summed E-state index contributed by atoms with van der Waals surface area (Å²) in [7, 11) is 0. The zero-order chi connectivity index (χ0) is 13.0. The van der Waals surface area contributed by atoms with Crippen molar-refractivity contribution in [1.82, 2.24) is 4.98 Å². The number of amides is 2. The van der Waals surface area contributed by atoms with Gasteiger partial charge in [0.2, 0.25) is 0 Å². The Morgan fingerprint density at radius 1 is 1.17 bits per heavy atom. The first-order chi connectivity index (χ1) is 8.66. The van der Waals surface area contributed by atoms with E-state index in [4.69, 9.17) is 11.6 Å². The van der Waals surface area contributed by atoms with Gasteiger partial charge in [-0.2, -0.15) is 0 Å². The second kappa shape index (κ2) is 5.46.